The predicted octanol–water partition coefficient (Wildman–Crippen LogP) is 9.50. The van der Waals surface area contributed by atoms with Crippen molar-refractivity contribution in [2.75, 3.05) is 32.7 Å². The van der Waals surface area contributed by atoms with Crippen LogP contribution in [0.5, 0.6) is 0 Å². The van der Waals surface area contributed by atoms with Crippen LogP contribution >= 0.6 is 0 Å². The topological polar surface area (TPSA) is 132 Å². The number of rotatable bonds is 13. The first-order valence-corrected chi connectivity index (χ1v) is 22.5. The van der Waals surface area contributed by atoms with E-state index in [0.717, 1.165) is 75.6 Å². The maximum Gasteiger partial charge on any atom is 0.410 e. The second kappa shape index (κ2) is 25.9. The zero-order valence-corrected chi connectivity index (χ0v) is 38.4. The lowest BCUT2D eigenvalue weighted by Crippen LogP contribution is -2.51. The van der Waals surface area contributed by atoms with Crippen LogP contribution < -0.4 is 5.32 Å². The summed E-state index contributed by atoms with van der Waals surface area (Å²) in [5, 5.41) is 24.1. The van der Waals surface area contributed by atoms with E-state index in [1.54, 1.807) is 0 Å². The maximum absolute atomic E-state index is 12.8. The summed E-state index contributed by atoms with van der Waals surface area (Å²) in [6, 6.07) is 39.7. The fourth-order valence-electron chi connectivity index (χ4n) is 7.51. The molecule has 3 N–H and O–H groups in total. The van der Waals surface area contributed by atoms with E-state index in [4.69, 9.17) is 9.47 Å². The molecule has 0 bridgehead atoms. The number of nitrogens with zero attached hydrogens (tertiary/aromatic N) is 3. The van der Waals surface area contributed by atoms with Crippen molar-refractivity contribution in [1.82, 2.24) is 20.0 Å². The number of hydrogen-bond donors (Lipinski definition) is 3. The number of carbonyl (C=O) groups is 3. The van der Waals surface area contributed by atoms with Crippen molar-refractivity contribution < 1.29 is 34.1 Å². The van der Waals surface area contributed by atoms with Crippen LogP contribution in [0.25, 0.3) is 0 Å². The molecule has 0 radical (unpaired) electrons. The SMILES string of the molecule is CC(C)(C)OC(=O)N1CCCCC1C=O.CC(C)(C)OC(=O)N1CCCCC1CN(Cc1ccccc1)CC(O)c1ccccc1.OC(CNCc1ccccc1)c1ccccc1. The van der Waals surface area contributed by atoms with Crippen molar-refractivity contribution in [2.45, 2.75) is 129 Å². The van der Waals surface area contributed by atoms with Gasteiger partial charge in [0.05, 0.1) is 18.2 Å². The largest absolute Gasteiger partial charge is 0.444 e. The highest BCUT2D eigenvalue weighted by Crippen LogP contribution is 2.24. The number of amides is 2. The molecule has 0 spiro atoms. The number of ether oxygens (including phenoxy) is 2. The zero-order valence-electron chi connectivity index (χ0n) is 38.4. The van der Waals surface area contributed by atoms with Crippen LogP contribution in [-0.2, 0) is 27.4 Å². The van der Waals surface area contributed by atoms with E-state index in [0.29, 0.717) is 26.2 Å². The van der Waals surface area contributed by atoms with Crippen molar-refractivity contribution in [1.29, 1.82) is 0 Å². The quantitative estimate of drug-likeness (QED) is 0.113. The number of likely N-dealkylation sites (tertiary alicyclic amines) is 2. The monoisotopic (exact) mass is 865 g/mol. The van der Waals surface area contributed by atoms with E-state index in [2.05, 4.69) is 34.5 Å². The number of hydrogen-bond acceptors (Lipinski definition) is 9. The summed E-state index contributed by atoms with van der Waals surface area (Å²) in [6.45, 7) is 15.8. The molecule has 4 aromatic carbocycles. The Morgan fingerprint density at radius 3 is 1.65 bits per heavy atom. The number of aldehydes is 1. The van der Waals surface area contributed by atoms with Gasteiger partial charge in [0.25, 0.3) is 0 Å². The van der Waals surface area contributed by atoms with Gasteiger partial charge in [-0.3, -0.25) is 9.80 Å². The Kier molecular flexibility index (Phi) is 20.8. The van der Waals surface area contributed by atoms with Crippen LogP contribution in [-0.4, -0.2) is 99.4 Å². The van der Waals surface area contributed by atoms with Gasteiger partial charge in [0.1, 0.15) is 17.5 Å². The van der Waals surface area contributed by atoms with Crippen molar-refractivity contribution in [2.24, 2.45) is 0 Å². The lowest BCUT2D eigenvalue weighted by molar-refractivity contribution is -0.113. The van der Waals surface area contributed by atoms with Crippen molar-refractivity contribution >= 4 is 18.5 Å². The van der Waals surface area contributed by atoms with Crippen LogP contribution in [0.15, 0.2) is 121 Å². The van der Waals surface area contributed by atoms with Crippen molar-refractivity contribution in [3.8, 4) is 0 Å². The van der Waals surface area contributed by atoms with Gasteiger partial charge >= 0.3 is 12.2 Å². The van der Waals surface area contributed by atoms with Gasteiger partial charge in [-0.25, -0.2) is 9.59 Å². The van der Waals surface area contributed by atoms with Crippen LogP contribution in [0.2, 0.25) is 0 Å². The molecule has 6 rings (SSSR count). The minimum Gasteiger partial charge on any atom is -0.444 e. The van der Waals surface area contributed by atoms with Gasteiger partial charge in [-0.2, -0.15) is 0 Å². The minimum atomic E-state index is -0.580. The van der Waals surface area contributed by atoms with Crippen LogP contribution in [0.4, 0.5) is 9.59 Å². The Bertz CT molecular complexity index is 1890. The standard InChI is InChI=1S/C26H36N2O3.C15H17NO.C11H19NO3/c1-26(2,3)31-25(30)28-17-11-10-16-23(28)19-27(18-21-12-6-4-7-13-21)20-24(29)22-14-8-5-9-15-22;17-15(14-9-5-2-6-10-14)12-16-11-13-7-3-1-4-8-13;1-11(2,3)15-10(14)12-7-5-4-6-9(12)8-13/h4-9,12-15,23-24,29H,10-11,16-20H2,1-3H3;1-10,15-17H,11-12H2;8-9H,4-7H2,1-3H3. The maximum atomic E-state index is 12.8. The molecular weight excluding hydrogens is 793 g/mol. The van der Waals surface area contributed by atoms with E-state index < -0.39 is 23.4 Å². The molecule has 2 fully saturated rings. The molecule has 11 heteroatoms. The molecule has 2 amide bonds. The molecule has 2 aliphatic rings. The third-order valence-corrected chi connectivity index (χ3v) is 10.6. The molecule has 4 aromatic rings. The molecule has 63 heavy (non-hydrogen) atoms. The number of benzene rings is 4. The number of aliphatic hydroxyl groups excluding tert-OH is 2. The van der Waals surface area contributed by atoms with E-state index >= 15 is 0 Å². The summed E-state index contributed by atoms with van der Waals surface area (Å²) in [7, 11) is 0. The summed E-state index contributed by atoms with van der Waals surface area (Å²) in [5.41, 5.74) is 3.28. The Balaban J connectivity index is 0.000000229. The third-order valence-electron chi connectivity index (χ3n) is 10.6. The smallest absolute Gasteiger partial charge is 0.410 e. The molecule has 0 saturated carbocycles. The normalized spacial score (nSPS) is 17.5. The van der Waals surface area contributed by atoms with Crippen molar-refractivity contribution in [3.63, 3.8) is 0 Å². The molecule has 2 aliphatic heterocycles. The van der Waals surface area contributed by atoms with Crippen LogP contribution in [0, 0.1) is 0 Å². The summed E-state index contributed by atoms with van der Waals surface area (Å²) >= 11 is 0. The number of aliphatic hydroxyl groups is 2. The lowest BCUT2D eigenvalue weighted by atomic mass is 10.0. The first kappa shape index (κ1) is 50.6. The Labute approximate surface area is 376 Å². The molecule has 2 heterocycles. The molecular formula is C52H72N4O7. The van der Waals surface area contributed by atoms with E-state index in [1.807, 2.05) is 144 Å². The highest BCUT2D eigenvalue weighted by molar-refractivity contribution is 5.74. The van der Waals surface area contributed by atoms with Gasteiger partial charge in [0.2, 0.25) is 0 Å². The molecule has 11 nitrogen and oxygen atoms in total. The number of piperidine rings is 2. The summed E-state index contributed by atoms with van der Waals surface area (Å²) < 4.78 is 10.9. The second-order valence-corrected chi connectivity index (χ2v) is 18.3. The first-order chi connectivity index (χ1) is 30.1. The number of carbonyl (C=O) groups excluding carboxylic acids is 3. The summed E-state index contributed by atoms with van der Waals surface area (Å²) in [6.07, 6.45) is 4.96. The third kappa shape index (κ3) is 19.1. The number of nitrogens with one attached hydrogen (secondary N) is 1. The van der Waals surface area contributed by atoms with Crippen LogP contribution in [0.3, 0.4) is 0 Å². The molecule has 0 aromatic heterocycles. The lowest BCUT2D eigenvalue weighted by Gasteiger charge is -2.39. The zero-order chi connectivity index (χ0) is 45.7. The predicted molar refractivity (Wildman–Crippen MR) is 250 cm³/mol. The Morgan fingerprint density at radius 2 is 1.13 bits per heavy atom. The minimum absolute atomic E-state index is 0.0790. The summed E-state index contributed by atoms with van der Waals surface area (Å²) in [4.78, 5) is 41.0. The second-order valence-electron chi connectivity index (χ2n) is 18.3. The molecule has 0 aliphatic carbocycles. The Morgan fingerprint density at radius 1 is 0.667 bits per heavy atom. The Hall–Kier alpha value is -5.07. The highest BCUT2D eigenvalue weighted by atomic mass is 16.6. The molecule has 2 saturated heterocycles. The van der Waals surface area contributed by atoms with Crippen molar-refractivity contribution in [3.05, 3.63) is 144 Å². The molecule has 342 valence electrons. The van der Waals surface area contributed by atoms with Crippen LogP contribution in [0.1, 0.15) is 115 Å². The van der Waals surface area contributed by atoms with E-state index in [-0.39, 0.29) is 24.3 Å². The van der Waals surface area contributed by atoms with Gasteiger partial charge in [-0.1, -0.05) is 121 Å². The first-order valence-electron chi connectivity index (χ1n) is 22.5. The van der Waals surface area contributed by atoms with Gasteiger partial charge in [-0.05, 0) is 102 Å². The molecule has 4 atom stereocenters. The van der Waals surface area contributed by atoms with E-state index in [9.17, 15) is 24.6 Å². The fourth-order valence-corrected chi connectivity index (χ4v) is 7.51. The van der Waals surface area contributed by atoms with Gasteiger partial charge < -0.3 is 34.7 Å². The van der Waals surface area contributed by atoms with Gasteiger partial charge in [0.15, 0.2) is 0 Å². The van der Waals surface area contributed by atoms with Gasteiger partial charge in [0, 0.05) is 51.9 Å². The van der Waals surface area contributed by atoms with Gasteiger partial charge in [-0.15, -0.1) is 0 Å². The average Bonchev–Trinajstić information content (AvgIpc) is 3.27. The highest BCUT2D eigenvalue weighted by Gasteiger charge is 2.33. The summed E-state index contributed by atoms with van der Waals surface area (Å²) in [5.74, 6) is 0. The van der Waals surface area contributed by atoms with E-state index in [1.165, 1.54) is 16.0 Å². The fraction of sp³-hybridized carbons (Fsp3) is 0.481. The molecule has 4 unspecified atom stereocenters. The average molecular weight is 865 g/mol.